The van der Waals surface area contributed by atoms with Gasteiger partial charge in [-0.1, -0.05) is 6.07 Å². The molecule has 0 fully saturated rings. The molecule has 0 saturated heterocycles. The molecule has 1 unspecified atom stereocenters. The summed E-state index contributed by atoms with van der Waals surface area (Å²) in [4.78, 5) is 4.21. The maximum atomic E-state index is 13.1. The largest absolute Gasteiger partial charge is 0.335 e. The summed E-state index contributed by atoms with van der Waals surface area (Å²) in [6, 6.07) is 3.34. The first-order valence-electron chi connectivity index (χ1n) is 5.82. The summed E-state index contributed by atoms with van der Waals surface area (Å²) >= 11 is 0. The van der Waals surface area contributed by atoms with Crippen LogP contribution in [0.4, 0.5) is 8.78 Å². The molecule has 96 valence electrons. The highest BCUT2D eigenvalue weighted by Crippen LogP contribution is 2.18. The fourth-order valence-electron chi connectivity index (χ4n) is 1.88. The number of hydrogen-bond donors (Lipinski definition) is 1. The number of nitrogens with two attached hydrogens (primary N) is 1. The molecule has 1 aromatic carbocycles. The van der Waals surface area contributed by atoms with Gasteiger partial charge in [-0.3, -0.25) is 0 Å². The van der Waals surface area contributed by atoms with Gasteiger partial charge in [-0.15, -0.1) is 0 Å². The fraction of sp³-hybridized carbons (Fsp3) is 0.308. The summed E-state index contributed by atoms with van der Waals surface area (Å²) in [7, 11) is 0. The molecule has 5 heteroatoms. The van der Waals surface area contributed by atoms with Crippen molar-refractivity contribution in [2.45, 2.75) is 25.9 Å². The first-order valence-corrected chi connectivity index (χ1v) is 5.82. The van der Waals surface area contributed by atoms with Crippen LogP contribution in [0.5, 0.6) is 0 Å². The first-order chi connectivity index (χ1) is 8.61. The van der Waals surface area contributed by atoms with Crippen LogP contribution in [0.1, 0.15) is 24.4 Å². The van der Waals surface area contributed by atoms with E-state index < -0.39 is 17.7 Å². The Kier molecular flexibility index (Phi) is 3.72. The molecule has 1 aromatic heterocycles. The van der Waals surface area contributed by atoms with Crippen molar-refractivity contribution in [2.75, 3.05) is 0 Å². The molecule has 2 rings (SSSR count). The van der Waals surface area contributed by atoms with Gasteiger partial charge in [0.2, 0.25) is 0 Å². The lowest BCUT2D eigenvalue weighted by Crippen LogP contribution is -2.16. The summed E-state index contributed by atoms with van der Waals surface area (Å²) in [6.45, 7) is 2.81. The molecule has 2 N–H and O–H groups in total. The van der Waals surface area contributed by atoms with Gasteiger partial charge in [0.15, 0.2) is 11.6 Å². The van der Waals surface area contributed by atoms with Gasteiger partial charge in [-0.25, -0.2) is 13.8 Å². The van der Waals surface area contributed by atoms with Crippen LogP contribution in [0, 0.1) is 11.6 Å². The van der Waals surface area contributed by atoms with Crippen LogP contribution in [-0.4, -0.2) is 9.55 Å². The summed E-state index contributed by atoms with van der Waals surface area (Å²) < 4.78 is 27.9. The summed E-state index contributed by atoms with van der Waals surface area (Å²) in [5.74, 6) is -0.891. The SMILES string of the molecule is CCn1ccnc1CC(N)c1ccc(F)c(F)c1. The van der Waals surface area contributed by atoms with Gasteiger partial charge in [0.05, 0.1) is 0 Å². The first kappa shape index (κ1) is 12.7. The Morgan fingerprint density at radius 1 is 1.33 bits per heavy atom. The minimum Gasteiger partial charge on any atom is -0.335 e. The number of benzene rings is 1. The van der Waals surface area contributed by atoms with Gasteiger partial charge >= 0.3 is 0 Å². The van der Waals surface area contributed by atoms with Gasteiger partial charge in [-0.2, -0.15) is 0 Å². The number of rotatable bonds is 4. The molecule has 3 nitrogen and oxygen atoms in total. The van der Waals surface area contributed by atoms with Crippen molar-refractivity contribution in [3.8, 4) is 0 Å². The summed E-state index contributed by atoms with van der Waals surface area (Å²) in [5, 5.41) is 0. The standard InChI is InChI=1S/C13H15F2N3/c1-2-18-6-5-17-13(18)8-12(16)9-3-4-10(14)11(15)7-9/h3-7,12H,2,8,16H2,1H3. The Morgan fingerprint density at radius 3 is 2.78 bits per heavy atom. The maximum absolute atomic E-state index is 13.1. The minimum absolute atomic E-state index is 0.396. The van der Waals surface area contributed by atoms with E-state index in [1.165, 1.54) is 6.07 Å². The van der Waals surface area contributed by atoms with Gasteiger partial charge in [0.1, 0.15) is 5.82 Å². The quantitative estimate of drug-likeness (QED) is 0.907. The van der Waals surface area contributed by atoms with E-state index in [1.807, 2.05) is 17.7 Å². The van der Waals surface area contributed by atoms with Crippen molar-refractivity contribution in [1.29, 1.82) is 0 Å². The van der Waals surface area contributed by atoms with E-state index in [2.05, 4.69) is 4.98 Å². The smallest absolute Gasteiger partial charge is 0.159 e. The van der Waals surface area contributed by atoms with Crippen molar-refractivity contribution >= 4 is 0 Å². The van der Waals surface area contributed by atoms with Crippen LogP contribution in [0.15, 0.2) is 30.6 Å². The number of nitrogens with zero attached hydrogens (tertiary/aromatic N) is 2. The number of aromatic nitrogens is 2. The van der Waals surface area contributed by atoms with Crippen LogP contribution in [-0.2, 0) is 13.0 Å². The zero-order valence-corrected chi connectivity index (χ0v) is 10.1. The average Bonchev–Trinajstić information content (AvgIpc) is 2.79. The third-order valence-corrected chi connectivity index (χ3v) is 2.92. The molecule has 0 aliphatic carbocycles. The van der Waals surface area contributed by atoms with Crippen LogP contribution in [0.2, 0.25) is 0 Å². The topological polar surface area (TPSA) is 43.8 Å². The zero-order chi connectivity index (χ0) is 13.1. The lowest BCUT2D eigenvalue weighted by molar-refractivity contribution is 0.504. The lowest BCUT2D eigenvalue weighted by atomic mass is 10.0. The minimum atomic E-state index is -0.873. The second-order valence-electron chi connectivity index (χ2n) is 4.11. The average molecular weight is 251 g/mol. The zero-order valence-electron chi connectivity index (χ0n) is 10.1. The molecule has 0 aliphatic heterocycles. The van der Waals surface area contributed by atoms with Gasteiger partial charge < -0.3 is 10.3 Å². The number of aryl methyl sites for hydroxylation is 1. The Balaban J connectivity index is 2.16. The Morgan fingerprint density at radius 2 is 2.11 bits per heavy atom. The predicted molar refractivity (Wildman–Crippen MR) is 64.9 cm³/mol. The van der Waals surface area contributed by atoms with E-state index >= 15 is 0 Å². The van der Waals surface area contributed by atoms with E-state index in [-0.39, 0.29) is 0 Å². The third-order valence-electron chi connectivity index (χ3n) is 2.92. The van der Waals surface area contributed by atoms with Crippen LogP contribution < -0.4 is 5.73 Å². The molecule has 0 saturated carbocycles. The molecule has 0 bridgehead atoms. The van der Waals surface area contributed by atoms with E-state index in [9.17, 15) is 8.78 Å². The Hall–Kier alpha value is -1.75. The monoisotopic (exact) mass is 251 g/mol. The highest BCUT2D eigenvalue weighted by atomic mass is 19.2. The fourth-order valence-corrected chi connectivity index (χ4v) is 1.88. The number of hydrogen-bond acceptors (Lipinski definition) is 2. The van der Waals surface area contributed by atoms with Crippen molar-refractivity contribution in [3.63, 3.8) is 0 Å². The third kappa shape index (κ3) is 2.56. The van der Waals surface area contributed by atoms with Gasteiger partial charge in [-0.05, 0) is 24.6 Å². The molecule has 0 spiro atoms. The van der Waals surface area contributed by atoms with Crippen LogP contribution >= 0.6 is 0 Å². The van der Waals surface area contributed by atoms with E-state index in [1.54, 1.807) is 6.20 Å². The second kappa shape index (κ2) is 5.27. The van der Waals surface area contributed by atoms with Crippen molar-refractivity contribution in [3.05, 3.63) is 53.6 Å². The molecule has 1 heterocycles. The maximum Gasteiger partial charge on any atom is 0.159 e. The predicted octanol–water partition coefficient (Wildman–Crippen LogP) is 2.42. The summed E-state index contributed by atoms with van der Waals surface area (Å²) in [6.07, 6.45) is 4.07. The van der Waals surface area contributed by atoms with Crippen LogP contribution in [0.3, 0.4) is 0 Å². The van der Waals surface area contributed by atoms with E-state index in [0.717, 1.165) is 24.5 Å². The molecule has 0 amide bonds. The number of imidazole rings is 1. The summed E-state index contributed by atoms with van der Waals surface area (Å²) in [5.41, 5.74) is 6.56. The normalized spacial score (nSPS) is 12.7. The lowest BCUT2D eigenvalue weighted by Gasteiger charge is -2.13. The van der Waals surface area contributed by atoms with Gasteiger partial charge in [0.25, 0.3) is 0 Å². The molecule has 0 radical (unpaired) electrons. The number of halogens is 2. The van der Waals surface area contributed by atoms with Crippen molar-refractivity contribution < 1.29 is 8.78 Å². The molecule has 2 aromatic rings. The van der Waals surface area contributed by atoms with Crippen molar-refractivity contribution in [2.24, 2.45) is 5.73 Å². The molecular weight excluding hydrogens is 236 g/mol. The Bertz CT molecular complexity index is 537. The highest BCUT2D eigenvalue weighted by Gasteiger charge is 2.13. The van der Waals surface area contributed by atoms with Crippen molar-refractivity contribution in [1.82, 2.24) is 9.55 Å². The molecule has 0 aliphatic rings. The molecular formula is C13H15F2N3. The second-order valence-corrected chi connectivity index (χ2v) is 4.11. The molecule has 18 heavy (non-hydrogen) atoms. The van der Waals surface area contributed by atoms with Gasteiger partial charge in [0, 0.05) is 31.4 Å². The van der Waals surface area contributed by atoms with Crippen LogP contribution in [0.25, 0.3) is 0 Å². The van der Waals surface area contributed by atoms with E-state index in [0.29, 0.717) is 12.0 Å². The highest BCUT2D eigenvalue weighted by molar-refractivity contribution is 5.22. The Labute approximate surface area is 104 Å². The van der Waals surface area contributed by atoms with E-state index in [4.69, 9.17) is 5.73 Å². The molecule has 1 atom stereocenters.